The summed E-state index contributed by atoms with van der Waals surface area (Å²) in [6.45, 7) is 4.92. The molecule has 0 fully saturated rings. The number of hydrogen-bond acceptors (Lipinski definition) is 5. The number of carbonyl (C=O) groups is 2. The molecule has 3 N–H and O–H groups in total. The molecule has 0 aromatic carbocycles. The van der Waals surface area contributed by atoms with E-state index in [-0.39, 0.29) is 18.5 Å². The highest BCUT2D eigenvalue weighted by Crippen LogP contribution is 2.20. The predicted molar refractivity (Wildman–Crippen MR) is 379 cm³/mol. The van der Waals surface area contributed by atoms with Crippen LogP contribution in [0.25, 0.3) is 0 Å². The first-order valence-electron chi connectivity index (χ1n) is 39.3. The third kappa shape index (κ3) is 71.2. The van der Waals surface area contributed by atoms with Gasteiger partial charge in [-0.3, -0.25) is 9.59 Å². The molecule has 86 heavy (non-hydrogen) atoms. The number of carbonyl (C=O) groups excluding carboxylic acids is 2. The van der Waals surface area contributed by atoms with Gasteiger partial charge in [0.15, 0.2) is 0 Å². The number of amides is 1. The number of rotatable bonds is 74. The van der Waals surface area contributed by atoms with Crippen LogP contribution in [0.2, 0.25) is 0 Å². The summed E-state index contributed by atoms with van der Waals surface area (Å²) >= 11 is 0. The number of hydrogen-bond donors (Lipinski definition) is 3. The Morgan fingerprint density at radius 2 is 0.581 bits per heavy atom. The first kappa shape index (κ1) is 84.1. The monoisotopic (exact) mass is 1210 g/mol. The molecule has 0 bridgehead atoms. The van der Waals surface area contributed by atoms with Gasteiger partial charge in [0, 0.05) is 12.8 Å². The molecule has 0 rings (SSSR count). The van der Waals surface area contributed by atoms with E-state index in [4.69, 9.17) is 4.74 Å². The normalized spacial score (nSPS) is 12.7. The van der Waals surface area contributed by atoms with Crippen molar-refractivity contribution in [2.45, 2.75) is 450 Å². The van der Waals surface area contributed by atoms with Crippen molar-refractivity contribution >= 4 is 11.9 Å². The average Bonchev–Trinajstić information content (AvgIpc) is 3.54. The van der Waals surface area contributed by atoms with E-state index in [2.05, 4.69) is 43.5 Å². The van der Waals surface area contributed by atoms with E-state index in [9.17, 15) is 19.8 Å². The van der Waals surface area contributed by atoms with Crippen LogP contribution in [0.1, 0.15) is 438 Å². The topological polar surface area (TPSA) is 95.9 Å². The number of aliphatic hydroxyl groups excluding tert-OH is 2. The average molecular weight is 1210 g/mol. The van der Waals surface area contributed by atoms with E-state index in [1.54, 1.807) is 6.08 Å². The van der Waals surface area contributed by atoms with Crippen LogP contribution in [-0.2, 0) is 14.3 Å². The van der Waals surface area contributed by atoms with Crippen LogP contribution < -0.4 is 5.32 Å². The van der Waals surface area contributed by atoms with E-state index in [1.165, 1.54) is 360 Å². The third-order valence-corrected chi connectivity index (χ3v) is 18.4. The fraction of sp³-hybridized carbons (Fsp3) is 0.900. The van der Waals surface area contributed by atoms with E-state index in [1.807, 2.05) is 6.08 Å². The Hall–Kier alpha value is -1.92. The standard InChI is InChI=1S/C80H153NO5/c1-3-5-7-9-11-13-15-17-19-21-22-37-41-44-48-52-56-60-64-68-72-78(83)77(76-82)81-79(84)73-69-65-61-57-53-49-45-42-38-35-33-31-29-27-25-23-24-26-28-30-32-34-36-39-43-47-51-55-59-63-67-71-75-86-80(85)74-70-66-62-58-54-50-46-40-20-18-16-14-12-10-8-6-4-2/h12,14,18,20,68,72,77-78,82-83H,3-11,13,15-17,19,21-67,69-71,73-76H2,1-2H3,(H,81,84)/b14-12-,20-18-,72-68+. The highest BCUT2D eigenvalue weighted by molar-refractivity contribution is 5.76. The molecule has 0 saturated carbocycles. The van der Waals surface area contributed by atoms with Crippen LogP contribution in [0.5, 0.6) is 0 Å². The second kappa shape index (κ2) is 75.5. The van der Waals surface area contributed by atoms with Crippen LogP contribution in [-0.4, -0.2) is 47.4 Å². The van der Waals surface area contributed by atoms with Gasteiger partial charge in [0.2, 0.25) is 5.91 Å². The zero-order valence-corrected chi connectivity index (χ0v) is 58.3. The zero-order valence-electron chi connectivity index (χ0n) is 58.3. The summed E-state index contributed by atoms with van der Waals surface area (Å²) < 4.78 is 5.51. The summed E-state index contributed by atoms with van der Waals surface area (Å²) in [5.41, 5.74) is 0. The lowest BCUT2D eigenvalue weighted by molar-refractivity contribution is -0.143. The minimum Gasteiger partial charge on any atom is -0.466 e. The molecule has 0 spiro atoms. The molecule has 0 heterocycles. The van der Waals surface area contributed by atoms with Crippen LogP contribution in [0.4, 0.5) is 0 Å². The molecule has 6 heteroatoms. The van der Waals surface area contributed by atoms with E-state index in [0.717, 1.165) is 51.4 Å². The van der Waals surface area contributed by atoms with Gasteiger partial charge in [0.1, 0.15) is 0 Å². The molecule has 6 nitrogen and oxygen atoms in total. The van der Waals surface area contributed by atoms with E-state index in [0.29, 0.717) is 19.4 Å². The van der Waals surface area contributed by atoms with E-state index < -0.39 is 12.1 Å². The van der Waals surface area contributed by atoms with Crippen LogP contribution in [0.15, 0.2) is 36.5 Å². The van der Waals surface area contributed by atoms with Gasteiger partial charge in [-0.1, -0.05) is 397 Å². The zero-order chi connectivity index (χ0) is 62.0. The van der Waals surface area contributed by atoms with Crippen LogP contribution in [0.3, 0.4) is 0 Å². The second-order valence-electron chi connectivity index (χ2n) is 27.0. The lowest BCUT2D eigenvalue weighted by Crippen LogP contribution is -2.45. The van der Waals surface area contributed by atoms with Gasteiger partial charge in [-0.15, -0.1) is 0 Å². The Kier molecular flexibility index (Phi) is 73.9. The van der Waals surface area contributed by atoms with Crippen molar-refractivity contribution in [2.24, 2.45) is 0 Å². The van der Waals surface area contributed by atoms with Crippen molar-refractivity contribution in [3.63, 3.8) is 0 Å². The Bertz CT molecular complexity index is 1390. The summed E-state index contributed by atoms with van der Waals surface area (Å²) in [6, 6.07) is -0.625. The van der Waals surface area contributed by atoms with Crippen LogP contribution >= 0.6 is 0 Å². The Balaban J connectivity index is 3.34. The maximum Gasteiger partial charge on any atom is 0.305 e. The molecule has 2 atom stereocenters. The van der Waals surface area contributed by atoms with E-state index >= 15 is 0 Å². The lowest BCUT2D eigenvalue weighted by Gasteiger charge is -2.20. The summed E-state index contributed by atoms with van der Waals surface area (Å²) in [5.74, 6) is -0.0454. The number of unbranched alkanes of at least 4 members (excludes halogenated alkanes) is 59. The summed E-state index contributed by atoms with van der Waals surface area (Å²) in [5, 5.41) is 23.3. The molecule has 1 amide bonds. The van der Waals surface area contributed by atoms with Crippen LogP contribution in [0, 0.1) is 0 Å². The van der Waals surface area contributed by atoms with Gasteiger partial charge in [0.25, 0.3) is 0 Å². The first-order valence-corrected chi connectivity index (χ1v) is 39.3. The molecule has 0 aliphatic carbocycles. The molecule has 0 aliphatic rings. The number of nitrogens with one attached hydrogen (secondary N) is 1. The summed E-state index contributed by atoms with van der Waals surface area (Å²) in [7, 11) is 0. The fourth-order valence-corrected chi connectivity index (χ4v) is 12.4. The Labute approximate surface area is 538 Å². The Morgan fingerprint density at radius 1 is 0.326 bits per heavy atom. The highest BCUT2D eigenvalue weighted by atomic mass is 16.5. The number of esters is 1. The minimum atomic E-state index is -0.842. The number of allylic oxidation sites excluding steroid dienone is 5. The van der Waals surface area contributed by atoms with Gasteiger partial charge in [0.05, 0.1) is 25.4 Å². The van der Waals surface area contributed by atoms with Crippen molar-refractivity contribution in [3.8, 4) is 0 Å². The molecule has 0 aliphatic heterocycles. The minimum absolute atomic E-state index is 0.0138. The predicted octanol–water partition coefficient (Wildman–Crippen LogP) is 25.8. The fourth-order valence-electron chi connectivity index (χ4n) is 12.4. The highest BCUT2D eigenvalue weighted by Gasteiger charge is 2.18. The lowest BCUT2D eigenvalue weighted by atomic mass is 10.0. The molecule has 0 aromatic rings. The molecule has 0 radical (unpaired) electrons. The van der Waals surface area contributed by atoms with Crippen molar-refractivity contribution in [2.75, 3.05) is 13.2 Å². The van der Waals surface area contributed by atoms with Crippen molar-refractivity contribution < 1.29 is 24.5 Å². The number of ether oxygens (including phenoxy) is 1. The molecule has 0 aromatic heterocycles. The maximum absolute atomic E-state index is 12.5. The molecular formula is C80H153NO5. The van der Waals surface area contributed by atoms with Gasteiger partial charge in [-0.05, 0) is 64.2 Å². The Morgan fingerprint density at radius 3 is 0.907 bits per heavy atom. The smallest absolute Gasteiger partial charge is 0.305 e. The molecule has 0 saturated heterocycles. The second-order valence-corrected chi connectivity index (χ2v) is 27.0. The van der Waals surface area contributed by atoms with Crippen molar-refractivity contribution in [1.82, 2.24) is 5.32 Å². The molecule has 508 valence electrons. The first-order chi connectivity index (χ1) is 42.5. The SMILES string of the molecule is CCCCC/C=C\C/C=C\CCCCCCCCCC(=O)OCCCCCCCCCCCCCCCCCCCCCCCCCCCCCCCCCCC(=O)NC(CO)C(O)/C=C/CCCCCCCCCCCCCCCCCCCC. The summed E-state index contributed by atoms with van der Waals surface area (Å²) in [4.78, 5) is 24.6. The largest absolute Gasteiger partial charge is 0.466 e. The van der Waals surface area contributed by atoms with Gasteiger partial charge in [-0.2, -0.15) is 0 Å². The van der Waals surface area contributed by atoms with Gasteiger partial charge in [-0.25, -0.2) is 0 Å². The molecular weight excluding hydrogens is 1050 g/mol. The maximum atomic E-state index is 12.5. The quantitative estimate of drug-likeness (QED) is 0.0320. The summed E-state index contributed by atoms with van der Waals surface area (Å²) in [6.07, 6.45) is 98.3. The molecule has 2 unspecified atom stereocenters. The van der Waals surface area contributed by atoms with Gasteiger partial charge < -0.3 is 20.3 Å². The third-order valence-electron chi connectivity index (χ3n) is 18.4. The van der Waals surface area contributed by atoms with Crippen molar-refractivity contribution in [1.29, 1.82) is 0 Å². The van der Waals surface area contributed by atoms with Gasteiger partial charge >= 0.3 is 5.97 Å². The number of aliphatic hydroxyl groups is 2. The van der Waals surface area contributed by atoms with Crippen molar-refractivity contribution in [3.05, 3.63) is 36.5 Å².